The van der Waals surface area contributed by atoms with Gasteiger partial charge < -0.3 is 5.11 Å². The van der Waals surface area contributed by atoms with Gasteiger partial charge >= 0.3 is 0 Å². The molecular weight excluding hydrogens is 340 g/mol. The Labute approximate surface area is 142 Å². The van der Waals surface area contributed by atoms with E-state index in [9.17, 15) is 9.50 Å². The minimum Gasteiger partial charge on any atom is -0.378 e. The molecule has 4 nitrogen and oxygen atoms in total. The molecular formula is C16H12Cl2FN3O. The first-order chi connectivity index (χ1) is 11.0. The standard InChI is InChI=1S/C16H12Cl2FN3O/c17-12-3-6-14(15(18)7-12)16(23,8-22-10-20-9-21-22)11-1-4-13(19)5-2-11/h1-7,9-10,23H,8H2/t16-/m0/s1. The molecule has 0 unspecified atom stereocenters. The summed E-state index contributed by atoms with van der Waals surface area (Å²) >= 11 is 12.2. The molecule has 0 saturated heterocycles. The van der Waals surface area contributed by atoms with E-state index in [0.717, 1.165) is 0 Å². The fourth-order valence-electron chi connectivity index (χ4n) is 2.43. The lowest BCUT2D eigenvalue weighted by molar-refractivity contribution is 0.0573. The lowest BCUT2D eigenvalue weighted by Gasteiger charge is -2.30. The summed E-state index contributed by atoms with van der Waals surface area (Å²) in [5, 5.41) is 16.1. The predicted molar refractivity (Wildman–Crippen MR) is 85.9 cm³/mol. The Morgan fingerprint density at radius 2 is 1.87 bits per heavy atom. The molecule has 1 heterocycles. The van der Waals surface area contributed by atoms with E-state index < -0.39 is 5.60 Å². The van der Waals surface area contributed by atoms with Crippen molar-refractivity contribution in [3.8, 4) is 0 Å². The average Bonchev–Trinajstić information content (AvgIpc) is 3.00. The highest BCUT2D eigenvalue weighted by molar-refractivity contribution is 6.35. The number of hydrogen-bond donors (Lipinski definition) is 1. The summed E-state index contributed by atoms with van der Waals surface area (Å²) < 4.78 is 14.7. The second-order valence-corrected chi connectivity index (χ2v) is 5.93. The zero-order chi connectivity index (χ0) is 16.4. The molecule has 3 rings (SSSR count). The third-order valence-corrected chi connectivity index (χ3v) is 4.10. The Morgan fingerprint density at radius 1 is 1.13 bits per heavy atom. The Bertz CT molecular complexity index is 809. The molecule has 1 aromatic heterocycles. The van der Waals surface area contributed by atoms with Crippen LogP contribution in [0.1, 0.15) is 11.1 Å². The molecule has 0 amide bonds. The number of aliphatic hydroxyl groups is 1. The van der Waals surface area contributed by atoms with Crippen LogP contribution in [0, 0.1) is 5.82 Å². The van der Waals surface area contributed by atoms with Crippen LogP contribution in [-0.2, 0) is 12.1 Å². The number of halogens is 3. The van der Waals surface area contributed by atoms with Gasteiger partial charge in [-0.3, -0.25) is 0 Å². The van der Waals surface area contributed by atoms with Crippen LogP contribution < -0.4 is 0 Å². The first kappa shape index (κ1) is 15.9. The van der Waals surface area contributed by atoms with Crippen LogP contribution in [0.15, 0.2) is 55.1 Å². The number of aromatic nitrogens is 3. The highest BCUT2D eigenvalue weighted by Gasteiger charge is 2.34. The molecule has 0 spiro atoms. The number of hydrogen-bond acceptors (Lipinski definition) is 3. The van der Waals surface area contributed by atoms with Crippen LogP contribution in [0.25, 0.3) is 0 Å². The van der Waals surface area contributed by atoms with Crippen LogP contribution in [-0.4, -0.2) is 19.9 Å². The van der Waals surface area contributed by atoms with Crippen molar-refractivity contribution in [1.82, 2.24) is 14.8 Å². The van der Waals surface area contributed by atoms with Crippen molar-refractivity contribution in [2.24, 2.45) is 0 Å². The van der Waals surface area contributed by atoms with Crippen molar-refractivity contribution >= 4 is 23.2 Å². The van der Waals surface area contributed by atoms with Crippen molar-refractivity contribution in [2.75, 3.05) is 0 Å². The fraction of sp³-hybridized carbons (Fsp3) is 0.125. The second-order valence-electron chi connectivity index (χ2n) is 5.08. The minimum atomic E-state index is -1.51. The van der Waals surface area contributed by atoms with E-state index >= 15 is 0 Å². The smallest absolute Gasteiger partial charge is 0.137 e. The summed E-state index contributed by atoms with van der Waals surface area (Å²) in [5.41, 5.74) is -0.576. The quantitative estimate of drug-likeness (QED) is 0.780. The first-order valence-corrected chi connectivity index (χ1v) is 7.51. The molecule has 1 atom stereocenters. The Morgan fingerprint density at radius 3 is 2.48 bits per heavy atom. The number of benzene rings is 2. The summed E-state index contributed by atoms with van der Waals surface area (Å²) in [6.07, 6.45) is 2.85. The molecule has 118 valence electrons. The Hall–Kier alpha value is -1.95. The monoisotopic (exact) mass is 351 g/mol. The third-order valence-electron chi connectivity index (χ3n) is 3.56. The van der Waals surface area contributed by atoms with Crippen molar-refractivity contribution in [3.63, 3.8) is 0 Å². The van der Waals surface area contributed by atoms with Crippen molar-refractivity contribution < 1.29 is 9.50 Å². The maximum atomic E-state index is 13.2. The van der Waals surface area contributed by atoms with E-state index in [1.54, 1.807) is 18.2 Å². The molecule has 1 N–H and O–H groups in total. The zero-order valence-corrected chi connectivity index (χ0v) is 13.3. The molecule has 0 radical (unpaired) electrons. The molecule has 0 saturated carbocycles. The van der Waals surface area contributed by atoms with Gasteiger partial charge in [0.05, 0.1) is 6.54 Å². The molecule has 7 heteroatoms. The van der Waals surface area contributed by atoms with E-state index in [2.05, 4.69) is 10.1 Å². The highest BCUT2D eigenvalue weighted by atomic mass is 35.5. The predicted octanol–water partition coefficient (Wildman–Crippen LogP) is 3.66. The van der Waals surface area contributed by atoms with Gasteiger partial charge in [-0.15, -0.1) is 0 Å². The molecule has 2 aromatic carbocycles. The third kappa shape index (κ3) is 3.22. The number of rotatable bonds is 4. The largest absolute Gasteiger partial charge is 0.378 e. The topological polar surface area (TPSA) is 50.9 Å². The van der Waals surface area contributed by atoms with Crippen LogP contribution in [0.2, 0.25) is 10.0 Å². The van der Waals surface area contributed by atoms with Gasteiger partial charge in [-0.2, -0.15) is 5.10 Å². The summed E-state index contributed by atoms with van der Waals surface area (Å²) in [6.45, 7) is 0.0694. The van der Waals surface area contributed by atoms with Gasteiger partial charge in [0.2, 0.25) is 0 Å². The van der Waals surface area contributed by atoms with E-state index in [1.807, 2.05) is 0 Å². The maximum absolute atomic E-state index is 13.2. The molecule has 3 aromatic rings. The van der Waals surface area contributed by atoms with E-state index in [1.165, 1.54) is 41.6 Å². The van der Waals surface area contributed by atoms with Crippen molar-refractivity contribution in [1.29, 1.82) is 0 Å². The molecule has 0 aliphatic rings. The molecule has 0 fully saturated rings. The van der Waals surface area contributed by atoms with Crippen LogP contribution >= 0.6 is 23.2 Å². The van der Waals surface area contributed by atoms with Crippen molar-refractivity contribution in [3.05, 3.63) is 82.1 Å². The summed E-state index contributed by atoms with van der Waals surface area (Å²) in [6, 6.07) is 10.4. The van der Waals surface area contributed by atoms with Gasteiger partial charge in [0, 0.05) is 15.6 Å². The van der Waals surface area contributed by atoms with Crippen LogP contribution in [0.4, 0.5) is 4.39 Å². The first-order valence-electron chi connectivity index (χ1n) is 6.75. The Kier molecular flexibility index (Phi) is 4.35. The van der Waals surface area contributed by atoms with Gasteiger partial charge in [0.15, 0.2) is 0 Å². The van der Waals surface area contributed by atoms with Crippen LogP contribution in [0.3, 0.4) is 0 Å². The van der Waals surface area contributed by atoms with E-state index in [-0.39, 0.29) is 12.4 Å². The van der Waals surface area contributed by atoms with Crippen LogP contribution in [0.5, 0.6) is 0 Å². The SMILES string of the molecule is O[C@@](Cn1cncn1)(c1ccc(F)cc1)c1ccc(Cl)cc1Cl. The molecule has 0 aliphatic carbocycles. The molecule has 0 bridgehead atoms. The van der Waals surface area contributed by atoms with Gasteiger partial charge in [-0.25, -0.2) is 14.1 Å². The van der Waals surface area contributed by atoms with E-state index in [4.69, 9.17) is 23.2 Å². The van der Waals surface area contributed by atoms with E-state index in [0.29, 0.717) is 21.2 Å². The van der Waals surface area contributed by atoms with Gasteiger partial charge in [0.25, 0.3) is 0 Å². The minimum absolute atomic E-state index is 0.0694. The Balaban J connectivity index is 2.14. The van der Waals surface area contributed by atoms with Gasteiger partial charge in [-0.1, -0.05) is 41.4 Å². The molecule has 23 heavy (non-hydrogen) atoms. The zero-order valence-electron chi connectivity index (χ0n) is 11.8. The van der Waals surface area contributed by atoms with Crippen molar-refractivity contribution in [2.45, 2.75) is 12.1 Å². The van der Waals surface area contributed by atoms with Gasteiger partial charge in [-0.05, 0) is 29.8 Å². The molecule has 0 aliphatic heterocycles. The second kappa shape index (κ2) is 6.28. The summed E-state index contributed by atoms with van der Waals surface area (Å²) in [5.74, 6) is -0.390. The lowest BCUT2D eigenvalue weighted by atomic mass is 9.86. The van der Waals surface area contributed by atoms with Gasteiger partial charge in [0.1, 0.15) is 24.1 Å². The lowest BCUT2D eigenvalue weighted by Crippen LogP contribution is -2.33. The average molecular weight is 352 g/mol. The summed E-state index contributed by atoms with van der Waals surface area (Å²) in [4.78, 5) is 3.87. The maximum Gasteiger partial charge on any atom is 0.137 e. The highest BCUT2D eigenvalue weighted by Crippen LogP contribution is 2.37. The number of nitrogens with zero attached hydrogens (tertiary/aromatic N) is 3. The fourth-order valence-corrected chi connectivity index (χ4v) is 3.00. The normalized spacial score (nSPS) is 13.7. The summed E-state index contributed by atoms with van der Waals surface area (Å²) in [7, 11) is 0.